The van der Waals surface area contributed by atoms with E-state index in [1.807, 2.05) is 0 Å². The Balaban J connectivity index is 2.75. The van der Waals surface area contributed by atoms with Crippen LogP contribution >= 0.6 is 0 Å². The lowest BCUT2D eigenvalue weighted by Gasteiger charge is -2.37. The van der Waals surface area contributed by atoms with Crippen molar-refractivity contribution in [3.63, 3.8) is 0 Å². The lowest BCUT2D eigenvalue weighted by molar-refractivity contribution is 0.0402. The van der Waals surface area contributed by atoms with Crippen LogP contribution in [0.3, 0.4) is 0 Å². The fourth-order valence-corrected chi connectivity index (χ4v) is 3.29. The summed E-state index contributed by atoms with van der Waals surface area (Å²) in [6.07, 6.45) is 1.60. The number of rotatable bonds is 4. The molecule has 1 saturated heterocycles. The van der Waals surface area contributed by atoms with E-state index in [0.29, 0.717) is 19.5 Å². The maximum atomic E-state index is 11.7. The molecule has 0 aromatic rings. The predicted octanol–water partition coefficient (Wildman–Crippen LogP) is -0.226. The fourth-order valence-electron chi connectivity index (χ4n) is 1.95. The fraction of sp³-hybridized carbons (Fsp3) is 1.00. The van der Waals surface area contributed by atoms with Gasteiger partial charge >= 0.3 is 0 Å². The number of methoxy groups -OCH3 is 1. The first-order valence-electron chi connectivity index (χ1n) is 5.27. The average molecular weight is 236 g/mol. The number of ether oxygens (including phenoxy) is 1. The predicted molar refractivity (Wildman–Crippen MR) is 59.0 cm³/mol. The molecule has 2 unspecified atom stereocenters. The Labute approximate surface area is 91.6 Å². The van der Waals surface area contributed by atoms with Gasteiger partial charge in [0, 0.05) is 26.2 Å². The first-order valence-corrected chi connectivity index (χ1v) is 6.88. The van der Waals surface area contributed by atoms with Gasteiger partial charge in [-0.2, -0.15) is 4.31 Å². The molecule has 0 radical (unpaired) electrons. The molecule has 2 N–H and O–H groups in total. The van der Waals surface area contributed by atoms with Crippen molar-refractivity contribution in [1.29, 1.82) is 0 Å². The second kappa shape index (κ2) is 5.25. The van der Waals surface area contributed by atoms with Gasteiger partial charge in [-0.3, -0.25) is 0 Å². The summed E-state index contributed by atoms with van der Waals surface area (Å²) in [6.45, 7) is 2.54. The lowest BCUT2D eigenvalue weighted by Crippen LogP contribution is -2.51. The highest BCUT2D eigenvalue weighted by molar-refractivity contribution is 7.89. The quantitative estimate of drug-likeness (QED) is 0.732. The van der Waals surface area contributed by atoms with E-state index in [0.717, 1.165) is 6.42 Å². The molecule has 0 amide bonds. The van der Waals surface area contributed by atoms with E-state index in [2.05, 4.69) is 0 Å². The van der Waals surface area contributed by atoms with Crippen LogP contribution in [0.15, 0.2) is 0 Å². The molecule has 1 heterocycles. The van der Waals surface area contributed by atoms with Crippen molar-refractivity contribution in [2.45, 2.75) is 31.9 Å². The van der Waals surface area contributed by atoms with Crippen LogP contribution < -0.4 is 5.73 Å². The Kier molecular flexibility index (Phi) is 4.51. The summed E-state index contributed by atoms with van der Waals surface area (Å²) in [7, 11) is -1.46. The van der Waals surface area contributed by atoms with Gasteiger partial charge in [0.05, 0.1) is 11.9 Å². The molecular weight excluding hydrogens is 216 g/mol. The van der Waals surface area contributed by atoms with Crippen LogP contribution in [0, 0.1) is 0 Å². The second-order valence-corrected chi connectivity index (χ2v) is 5.99. The topological polar surface area (TPSA) is 72.6 Å². The van der Waals surface area contributed by atoms with E-state index >= 15 is 0 Å². The minimum absolute atomic E-state index is 0.103. The Hall–Kier alpha value is -0.170. The van der Waals surface area contributed by atoms with Crippen LogP contribution in [-0.2, 0) is 14.8 Å². The van der Waals surface area contributed by atoms with Crippen LogP contribution in [-0.4, -0.2) is 50.8 Å². The monoisotopic (exact) mass is 236 g/mol. The van der Waals surface area contributed by atoms with Crippen molar-refractivity contribution >= 4 is 10.0 Å². The first kappa shape index (κ1) is 12.9. The third-order valence-corrected chi connectivity index (χ3v) is 4.87. The van der Waals surface area contributed by atoms with Gasteiger partial charge in [0.2, 0.25) is 10.0 Å². The summed E-state index contributed by atoms with van der Waals surface area (Å²) in [4.78, 5) is 0. The van der Waals surface area contributed by atoms with Crippen molar-refractivity contribution in [2.75, 3.05) is 26.0 Å². The Morgan fingerprint density at radius 2 is 2.20 bits per heavy atom. The van der Waals surface area contributed by atoms with Crippen LogP contribution in [0.1, 0.15) is 19.8 Å². The molecule has 15 heavy (non-hydrogen) atoms. The first-order chi connectivity index (χ1) is 7.05. The van der Waals surface area contributed by atoms with Crippen molar-refractivity contribution in [3.8, 4) is 0 Å². The van der Waals surface area contributed by atoms with E-state index in [1.165, 1.54) is 4.31 Å². The minimum Gasteiger partial charge on any atom is -0.381 e. The highest BCUT2D eigenvalue weighted by atomic mass is 32.2. The average Bonchev–Trinajstić information content (AvgIpc) is 2.28. The van der Waals surface area contributed by atoms with Gasteiger partial charge in [-0.1, -0.05) is 0 Å². The van der Waals surface area contributed by atoms with E-state index in [4.69, 9.17) is 10.5 Å². The molecule has 1 rings (SSSR count). The molecule has 0 spiro atoms. The van der Waals surface area contributed by atoms with Crippen LogP contribution in [0.4, 0.5) is 0 Å². The molecule has 1 aliphatic rings. The van der Waals surface area contributed by atoms with Crippen LogP contribution in [0.25, 0.3) is 0 Å². The molecule has 6 heteroatoms. The molecular formula is C9H20N2O3S. The molecule has 0 aromatic heterocycles. The maximum Gasteiger partial charge on any atom is 0.214 e. The summed E-state index contributed by atoms with van der Waals surface area (Å²) in [5.41, 5.74) is 5.60. The van der Waals surface area contributed by atoms with E-state index in [1.54, 1.807) is 14.0 Å². The van der Waals surface area contributed by atoms with Crippen molar-refractivity contribution < 1.29 is 13.2 Å². The summed E-state index contributed by atoms with van der Waals surface area (Å²) in [5.74, 6) is 0.140. The van der Waals surface area contributed by atoms with Gasteiger partial charge in [-0.15, -0.1) is 0 Å². The zero-order chi connectivity index (χ0) is 11.5. The largest absolute Gasteiger partial charge is 0.381 e. The minimum atomic E-state index is -3.12. The number of sulfonamides is 1. The number of hydrogen-bond donors (Lipinski definition) is 1. The van der Waals surface area contributed by atoms with Crippen LogP contribution in [0.2, 0.25) is 0 Å². The van der Waals surface area contributed by atoms with Crippen molar-refractivity contribution in [1.82, 2.24) is 4.31 Å². The highest BCUT2D eigenvalue weighted by Crippen LogP contribution is 2.22. The molecule has 1 aliphatic heterocycles. The van der Waals surface area contributed by atoms with E-state index in [-0.39, 0.29) is 17.9 Å². The number of hydrogen-bond acceptors (Lipinski definition) is 4. The Bertz CT molecular complexity index is 292. The van der Waals surface area contributed by atoms with Gasteiger partial charge < -0.3 is 10.5 Å². The zero-order valence-corrected chi connectivity index (χ0v) is 10.2. The summed E-state index contributed by atoms with van der Waals surface area (Å²) >= 11 is 0. The third kappa shape index (κ3) is 2.90. The Morgan fingerprint density at radius 1 is 1.53 bits per heavy atom. The van der Waals surface area contributed by atoms with E-state index < -0.39 is 10.0 Å². The smallest absolute Gasteiger partial charge is 0.214 e. The highest BCUT2D eigenvalue weighted by Gasteiger charge is 2.34. The van der Waals surface area contributed by atoms with Gasteiger partial charge in [0.1, 0.15) is 0 Å². The molecule has 0 aliphatic carbocycles. The van der Waals surface area contributed by atoms with E-state index in [9.17, 15) is 8.42 Å². The zero-order valence-electron chi connectivity index (χ0n) is 9.35. The number of nitrogens with zero attached hydrogens (tertiary/aromatic N) is 1. The number of nitrogens with two attached hydrogens (primary N) is 1. The van der Waals surface area contributed by atoms with Gasteiger partial charge in [0.15, 0.2) is 0 Å². The lowest BCUT2D eigenvalue weighted by atomic mass is 10.0. The standard InChI is InChI=1S/C9H20N2O3S/c1-3-15(12,13)11-5-4-9(14-2)6-8(11)7-10/h8-9H,3-7,10H2,1-2H3. The van der Waals surface area contributed by atoms with Crippen molar-refractivity contribution in [2.24, 2.45) is 5.73 Å². The molecule has 0 aromatic carbocycles. The molecule has 5 nitrogen and oxygen atoms in total. The normalized spacial score (nSPS) is 29.3. The molecule has 2 atom stereocenters. The SMILES string of the molecule is CCS(=O)(=O)N1CCC(OC)CC1CN. The second-order valence-electron chi connectivity index (χ2n) is 3.78. The van der Waals surface area contributed by atoms with Crippen molar-refractivity contribution in [3.05, 3.63) is 0 Å². The summed E-state index contributed by atoms with van der Waals surface area (Å²) < 4.78 is 30.3. The van der Waals surface area contributed by atoms with Gasteiger partial charge in [-0.25, -0.2) is 8.42 Å². The van der Waals surface area contributed by atoms with Gasteiger partial charge in [-0.05, 0) is 19.8 Å². The molecule has 1 fully saturated rings. The third-order valence-electron chi connectivity index (χ3n) is 2.94. The Morgan fingerprint density at radius 3 is 2.67 bits per heavy atom. The summed E-state index contributed by atoms with van der Waals surface area (Å²) in [6, 6.07) is -0.103. The summed E-state index contributed by atoms with van der Waals surface area (Å²) in [5, 5.41) is 0. The molecule has 90 valence electrons. The van der Waals surface area contributed by atoms with Gasteiger partial charge in [0.25, 0.3) is 0 Å². The molecule has 0 saturated carbocycles. The maximum absolute atomic E-state index is 11.7. The number of piperidine rings is 1. The van der Waals surface area contributed by atoms with Crippen LogP contribution in [0.5, 0.6) is 0 Å². The molecule has 0 bridgehead atoms.